The summed E-state index contributed by atoms with van der Waals surface area (Å²) < 4.78 is 6.50. The SMILES string of the molecule is Cc1sc2nc(CN3CCCC3)nc(N3CCOC4(CCc5ccccc54)C3)c2c1C. The van der Waals surface area contributed by atoms with Gasteiger partial charge in [0, 0.05) is 11.4 Å². The first-order valence-electron chi connectivity index (χ1n) is 11.6. The molecule has 6 rings (SSSR count). The third-order valence-electron chi connectivity index (χ3n) is 7.41. The molecule has 2 aromatic heterocycles. The Kier molecular flexibility index (Phi) is 4.78. The van der Waals surface area contributed by atoms with E-state index in [2.05, 4.69) is 47.9 Å². The molecule has 3 aliphatic rings. The van der Waals surface area contributed by atoms with Crippen molar-refractivity contribution in [3.63, 3.8) is 0 Å². The summed E-state index contributed by atoms with van der Waals surface area (Å²) in [5.41, 5.74) is 3.94. The number of rotatable bonds is 3. The Bertz CT molecular complexity index is 1130. The summed E-state index contributed by atoms with van der Waals surface area (Å²) >= 11 is 1.81. The number of hydrogen-bond donors (Lipinski definition) is 0. The molecule has 2 fully saturated rings. The molecule has 0 amide bonds. The number of fused-ring (bicyclic) bond motifs is 3. The van der Waals surface area contributed by atoms with Gasteiger partial charge in [0.2, 0.25) is 0 Å². The molecule has 6 heteroatoms. The van der Waals surface area contributed by atoms with Crippen LogP contribution in [0.3, 0.4) is 0 Å². The van der Waals surface area contributed by atoms with E-state index in [1.165, 1.54) is 39.8 Å². The summed E-state index contributed by atoms with van der Waals surface area (Å²) in [6.45, 7) is 10.1. The van der Waals surface area contributed by atoms with Crippen LogP contribution in [-0.2, 0) is 23.3 Å². The highest BCUT2D eigenvalue weighted by Gasteiger charge is 2.44. The van der Waals surface area contributed by atoms with Gasteiger partial charge in [-0.25, -0.2) is 9.97 Å². The van der Waals surface area contributed by atoms with E-state index in [0.29, 0.717) is 0 Å². The largest absolute Gasteiger partial charge is 0.367 e. The fourth-order valence-corrected chi connectivity index (χ4v) is 6.69. The highest BCUT2D eigenvalue weighted by molar-refractivity contribution is 7.18. The third-order valence-corrected chi connectivity index (χ3v) is 8.51. The van der Waals surface area contributed by atoms with Crippen LogP contribution in [0, 0.1) is 13.8 Å². The molecule has 162 valence electrons. The lowest BCUT2D eigenvalue weighted by atomic mass is 9.93. The van der Waals surface area contributed by atoms with Crippen molar-refractivity contribution in [1.82, 2.24) is 14.9 Å². The number of anilines is 1. The molecule has 1 atom stereocenters. The van der Waals surface area contributed by atoms with Crippen molar-refractivity contribution in [1.29, 1.82) is 0 Å². The lowest BCUT2D eigenvalue weighted by Crippen LogP contribution is -2.49. The molecule has 0 N–H and O–H groups in total. The van der Waals surface area contributed by atoms with Crippen molar-refractivity contribution in [2.75, 3.05) is 37.7 Å². The Hall–Kier alpha value is -2.02. The molecular weight excluding hydrogens is 404 g/mol. The molecule has 1 unspecified atom stereocenters. The fourth-order valence-electron chi connectivity index (χ4n) is 5.64. The average molecular weight is 435 g/mol. The monoisotopic (exact) mass is 434 g/mol. The van der Waals surface area contributed by atoms with Crippen molar-refractivity contribution in [2.24, 2.45) is 0 Å². The van der Waals surface area contributed by atoms with E-state index >= 15 is 0 Å². The van der Waals surface area contributed by atoms with Gasteiger partial charge in [-0.2, -0.15) is 0 Å². The highest BCUT2D eigenvalue weighted by Crippen LogP contribution is 2.44. The molecule has 5 nitrogen and oxygen atoms in total. The van der Waals surface area contributed by atoms with Crippen LogP contribution < -0.4 is 4.90 Å². The molecule has 1 aliphatic carbocycles. The van der Waals surface area contributed by atoms with Gasteiger partial charge >= 0.3 is 0 Å². The quantitative estimate of drug-likeness (QED) is 0.603. The smallest absolute Gasteiger partial charge is 0.146 e. The summed E-state index contributed by atoms with van der Waals surface area (Å²) in [6, 6.07) is 8.82. The molecular formula is C25H30N4OS. The molecule has 4 heterocycles. The van der Waals surface area contributed by atoms with Gasteiger partial charge in [0.1, 0.15) is 22.1 Å². The van der Waals surface area contributed by atoms with Crippen LogP contribution >= 0.6 is 11.3 Å². The van der Waals surface area contributed by atoms with Crippen molar-refractivity contribution >= 4 is 27.4 Å². The minimum atomic E-state index is -0.208. The summed E-state index contributed by atoms with van der Waals surface area (Å²) in [5, 5.41) is 1.25. The van der Waals surface area contributed by atoms with E-state index in [1.807, 2.05) is 11.3 Å². The second-order valence-corrected chi connectivity index (χ2v) is 10.5. The minimum Gasteiger partial charge on any atom is -0.367 e. The Morgan fingerprint density at radius 2 is 1.94 bits per heavy atom. The van der Waals surface area contributed by atoms with Crippen LogP contribution in [0.25, 0.3) is 10.2 Å². The van der Waals surface area contributed by atoms with Crippen LogP contribution in [0.4, 0.5) is 5.82 Å². The Labute approximate surface area is 188 Å². The maximum Gasteiger partial charge on any atom is 0.146 e. The molecule has 0 saturated carbocycles. The number of benzene rings is 1. The van der Waals surface area contributed by atoms with Gasteiger partial charge < -0.3 is 9.64 Å². The first-order valence-corrected chi connectivity index (χ1v) is 12.4. The zero-order chi connectivity index (χ0) is 21.0. The van der Waals surface area contributed by atoms with Gasteiger partial charge in [0.25, 0.3) is 0 Å². The van der Waals surface area contributed by atoms with E-state index < -0.39 is 0 Å². The standard InChI is InChI=1S/C25H30N4OS/c1-17-18(2)31-24-22(17)23(26-21(27-24)15-28-11-5-6-12-28)29-13-14-30-25(16-29)10-9-19-7-3-4-8-20(19)25/h3-4,7-8H,5-6,9-16H2,1-2H3. The van der Waals surface area contributed by atoms with E-state index in [-0.39, 0.29) is 5.60 Å². The van der Waals surface area contributed by atoms with Crippen molar-refractivity contribution in [2.45, 2.75) is 51.7 Å². The van der Waals surface area contributed by atoms with E-state index in [4.69, 9.17) is 14.7 Å². The topological polar surface area (TPSA) is 41.5 Å². The number of nitrogens with zero attached hydrogens (tertiary/aromatic N) is 4. The predicted molar refractivity (Wildman–Crippen MR) is 126 cm³/mol. The van der Waals surface area contributed by atoms with Crippen LogP contribution in [-0.4, -0.2) is 47.7 Å². The van der Waals surface area contributed by atoms with Gasteiger partial charge in [-0.05, 0) is 69.3 Å². The first kappa shape index (κ1) is 19.6. The van der Waals surface area contributed by atoms with Crippen LogP contribution in [0.15, 0.2) is 24.3 Å². The van der Waals surface area contributed by atoms with Gasteiger partial charge in [0.05, 0.1) is 25.1 Å². The molecule has 0 radical (unpaired) electrons. The maximum atomic E-state index is 6.50. The van der Waals surface area contributed by atoms with E-state index in [9.17, 15) is 0 Å². The first-order chi connectivity index (χ1) is 15.1. The molecule has 31 heavy (non-hydrogen) atoms. The zero-order valence-corrected chi connectivity index (χ0v) is 19.3. The second-order valence-electron chi connectivity index (χ2n) is 9.33. The zero-order valence-electron chi connectivity index (χ0n) is 18.5. The summed E-state index contributed by atoms with van der Waals surface area (Å²) in [4.78, 5) is 17.7. The minimum absolute atomic E-state index is 0.208. The normalized spacial score (nSPS) is 23.9. The molecule has 0 bridgehead atoms. The molecule has 1 aromatic carbocycles. The van der Waals surface area contributed by atoms with Crippen molar-refractivity contribution in [3.8, 4) is 0 Å². The number of thiophene rings is 1. The average Bonchev–Trinajstić information content (AvgIpc) is 3.48. The third kappa shape index (κ3) is 3.27. The predicted octanol–water partition coefficient (Wildman–Crippen LogP) is 4.58. The number of ether oxygens (including phenoxy) is 1. The summed E-state index contributed by atoms with van der Waals surface area (Å²) in [7, 11) is 0. The second kappa shape index (κ2) is 7.54. The van der Waals surface area contributed by atoms with Crippen molar-refractivity contribution in [3.05, 3.63) is 51.7 Å². The Balaban J connectivity index is 1.41. The lowest BCUT2D eigenvalue weighted by molar-refractivity contribution is -0.0593. The molecule has 3 aromatic rings. The Morgan fingerprint density at radius 1 is 1.10 bits per heavy atom. The fraction of sp³-hybridized carbons (Fsp3) is 0.520. The van der Waals surface area contributed by atoms with E-state index in [0.717, 1.165) is 68.6 Å². The van der Waals surface area contributed by atoms with Gasteiger partial charge in [-0.15, -0.1) is 11.3 Å². The summed E-state index contributed by atoms with van der Waals surface area (Å²) in [6.07, 6.45) is 4.73. The number of hydrogen-bond acceptors (Lipinski definition) is 6. The number of aryl methyl sites for hydroxylation is 3. The maximum absolute atomic E-state index is 6.50. The summed E-state index contributed by atoms with van der Waals surface area (Å²) in [5.74, 6) is 2.09. The number of morpholine rings is 1. The molecule has 2 saturated heterocycles. The van der Waals surface area contributed by atoms with Gasteiger partial charge in [-0.3, -0.25) is 4.90 Å². The molecule has 1 spiro atoms. The number of likely N-dealkylation sites (tertiary alicyclic amines) is 1. The number of aromatic nitrogens is 2. The van der Waals surface area contributed by atoms with Crippen LogP contribution in [0.5, 0.6) is 0 Å². The van der Waals surface area contributed by atoms with Crippen LogP contribution in [0.1, 0.15) is 46.7 Å². The Morgan fingerprint density at radius 3 is 2.81 bits per heavy atom. The lowest BCUT2D eigenvalue weighted by Gasteiger charge is -2.42. The van der Waals surface area contributed by atoms with Crippen LogP contribution in [0.2, 0.25) is 0 Å². The molecule has 2 aliphatic heterocycles. The van der Waals surface area contributed by atoms with E-state index in [1.54, 1.807) is 0 Å². The van der Waals surface area contributed by atoms with Crippen molar-refractivity contribution < 1.29 is 4.74 Å². The van der Waals surface area contributed by atoms with Gasteiger partial charge in [0.15, 0.2) is 0 Å². The highest BCUT2D eigenvalue weighted by atomic mass is 32.1. The van der Waals surface area contributed by atoms with Gasteiger partial charge in [-0.1, -0.05) is 24.3 Å².